The van der Waals surface area contributed by atoms with Crippen molar-refractivity contribution in [2.75, 3.05) is 0 Å². The molecule has 0 aromatic carbocycles. The minimum Gasteiger partial charge on any atom is -0.306 e. The fourth-order valence-corrected chi connectivity index (χ4v) is 2.55. The van der Waals surface area contributed by atoms with Crippen LogP contribution in [0.3, 0.4) is 0 Å². The number of aromatic nitrogens is 3. The first-order chi connectivity index (χ1) is 9.95. The highest BCUT2D eigenvalue weighted by molar-refractivity contribution is 6.29. The summed E-state index contributed by atoms with van der Waals surface area (Å²) in [5.74, 6) is 0. The maximum absolute atomic E-state index is 13.2. The fourth-order valence-electron chi connectivity index (χ4n) is 2.40. The summed E-state index contributed by atoms with van der Waals surface area (Å²) in [6.45, 7) is 3.79. The summed E-state index contributed by atoms with van der Waals surface area (Å²) in [6.07, 6.45) is 0.954. The molecule has 0 aliphatic rings. The summed E-state index contributed by atoms with van der Waals surface area (Å²) in [6, 6.07) is 4.92. The highest BCUT2D eigenvalue weighted by Crippen LogP contribution is 2.32. The predicted octanol–water partition coefficient (Wildman–Crippen LogP) is 4.60. The van der Waals surface area contributed by atoms with Gasteiger partial charge in [-0.2, -0.15) is 0 Å². The van der Waals surface area contributed by atoms with Gasteiger partial charge < -0.3 is 4.40 Å². The highest BCUT2D eigenvalue weighted by Gasteiger charge is 2.18. The second-order valence-electron chi connectivity index (χ2n) is 4.89. The standard InChI is InChI=1S/C15H12ClF2N3/c1-8-5-10(7-21-6-9(2)19-15(8)21)11-3-4-12(16)20-13(11)14(17)18/h3-7,14H,1-2H3. The molecule has 0 amide bonds. The van der Waals surface area contributed by atoms with Crippen molar-refractivity contribution in [3.8, 4) is 11.1 Å². The molecule has 0 fully saturated rings. The van der Waals surface area contributed by atoms with Crippen LogP contribution < -0.4 is 0 Å². The van der Waals surface area contributed by atoms with Gasteiger partial charge in [-0.05, 0) is 37.6 Å². The molecule has 3 heterocycles. The Hall–Kier alpha value is -2.01. The molecule has 0 aliphatic carbocycles. The number of imidazole rings is 1. The molecule has 0 N–H and O–H groups in total. The van der Waals surface area contributed by atoms with Crippen LogP contribution in [0.15, 0.2) is 30.6 Å². The molecular formula is C15H12ClF2N3. The van der Waals surface area contributed by atoms with Gasteiger partial charge in [-0.1, -0.05) is 11.6 Å². The van der Waals surface area contributed by atoms with E-state index in [0.717, 1.165) is 16.9 Å². The second-order valence-corrected chi connectivity index (χ2v) is 5.28. The first-order valence-electron chi connectivity index (χ1n) is 6.36. The van der Waals surface area contributed by atoms with Gasteiger partial charge in [-0.3, -0.25) is 0 Å². The normalized spacial score (nSPS) is 11.5. The van der Waals surface area contributed by atoms with Gasteiger partial charge in [0.15, 0.2) is 0 Å². The van der Waals surface area contributed by atoms with Gasteiger partial charge >= 0.3 is 0 Å². The van der Waals surface area contributed by atoms with Crippen LogP contribution in [0.1, 0.15) is 23.4 Å². The number of pyridine rings is 2. The molecule has 0 bridgehead atoms. The molecule has 0 aliphatic heterocycles. The van der Waals surface area contributed by atoms with Crippen molar-refractivity contribution in [3.63, 3.8) is 0 Å². The van der Waals surface area contributed by atoms with E-state index in [9.17, 15) is 8.78 Å². The van der Waals surface area contributed by atoms with Crippen LogP contribution in [0, 0.1) is 13.8 Å². The monoisotopic (exact) mass is 307 g/mol. The van der Waals surface area contributed by atoms with Crippen LogP contribution >= 0.6 is 11.6 Å². The van der Waals surface area contributed by atoms with Crippen molar-refractivity contribution in [1.82, 2.24) is 14.4 Å². The third-order valence-corrected chi connectivity index (χ3v) is 3.47. The van der Waals surface area contributed by atoms with E-state index in [-0.39, 0.29) is 10.8 Å². The average Bonchev–Trinajstić information content (AvgIpc) is 2.79. The lowest BCUT2D eigenvalue weighted by atomic mass is 10.0. The van der Waals surface area contributed by atoms with E-state index < -0.39 is 6.43 Å². The lowest BCUT2D eigenvalue weighted by Crippen LogP contribution is -1.97. The third-order valence-electron chi connectivity index (χ3n) is 3.26. The van der Waals surface area contributed by atoms with Crippen molar-refractivity contribution in [2.45, 2.75) is 20.3 Å². The number of nitrogens with zero attached hydrogens (tertiary/aromatic N) is 3. The molecule has 0 saturated heterocycles. The molecule has 0 unspecified atom stereocenters. The van der Waals surface area contributed by atoms with E-state index in [1.807, 2.05) is 30.5 Å². The van der Waals surface area contributed by atoms with Gasteiger partial charge in [-0.15, -0.1) is 0 Å². The molecule has 0 saturated carbocycles. The maximum atomic E-state index is 13.2. The molecule has 3 rings (SSSR count). The molecule has 3 aromatic rings. The fraction of sp³-hybridized carbons (Fsp3) is 0.200. The minimum absolute atomic E-state index is 0.0605. The Morgan fingerprint density at radius 2 is 1.90 bits per heavy atom. The zero-order valence-corrected chi connectivity index (χ0v) is 12.2. The van der Waals surface area contributed by atoms with Crippen LogP contribution in [0.2, 0.25) is 5.15 Å². The lowest BCUT2D eigenvalue weighted by Gasteiger charge is -2.10. The molecule has 0 spiro atoms. The quantitative estimate of drug-likeness (QED) is 0.647. The minimum atomic E-state index is -2.68. The predicted molar refractivity (Wildman–Crippen MR) is 77.9 cm³/mol. The van der Waals surface area contributed by atoms with Crippen LogP contribution in [0.25, 0.3) is 16.8 Å². The van der Waals surface area contributed by atoms with Gasteiger partial charge in [0.2, 0.25) is 0 Å². The van der Waals surface area contributed by atoms with Gasteiger partial charge in [0, 0.05) is 23.5 Å². The van der Waals surface area contributed by atoms with Crippen LogP contribution in [-0.4, -0.2) is 14.4 Å². The van der Waals surface area contributed by atoms with Crippen molar-refractivity contribution in [3.05, 3.63) is 52.7 Å². The summed E-state index contributed by atoms with van der Waals surface area (Å²) in [7, 11) is 0. The zero-order valence-electron chi connectivity index (χ0n) is 11.4. The SMILES string of the molecule is Cc1cn2cc(-c3ccc(Cl)nc3C(F)F)cc(C)c2n1. The van der Waals surface area contributed by atoms with E-state index in [1.165, 1.54) is 6.07 Å². The topological polar surface area (TPSA) is 30.2 Å². The molecule has 6 heteroatoms. The lowest BCUT2D eigenvalue weighted by molar-refractivity contribution is 0.147. The second kappa shape index (κ2) is 5.07. The van der Waals surface area contributed by atoms with E-state index in [2.05, 4.69) is 9.97 Å². The summed E-state index contributed by atoms with van der Waals surface area (Å²) < 4.78 is 28.2. The Morgan fingerprint density at radius 3 is 2.62 bits per heavy atom. The molecule has 21 heavy (non-hydrogen) atoms. The van der Waals surface area contributed by atoms with Crippen LogP contribution in [-0.2, 0) is 0 Å². The summed E-state index contributed by atoms with van der Waals surface area (Å²) in [4.78, 5) is 8.15. The number of fused-ring (bicyclic) bond motifs is 1. The Morgan fingerprint density at radius 1 is 1.14 bits per heavy atom. The molecule has 0 atom stereocenters. The van der Waals surface area contributed by atoms with Crippen molar-refractivity contribution < 1.29 is 8.78 Å². The van der Waals surface area contributed by atoms with E-state index in [4.69, 9.17) is 11.6 Å². The highest BCUT2D eigenvalue weighted by atomic mass is 35.5. The Kier molecular flexibility index (Phi) is 3.37. The number of rotatable bonds is 2. The summed E-state index contributed by atoms with van der Waals surface area (Å²) in [5, 5.41) is 0.0605. The van der Waals surface area contributed by atoms with Crippen molar-refractivity contribution in [2.24, 2.45) is 0 Å². The third kappa shape index (κ3) is 2.49. The number of halogens is 3. The van der Waals surface area contributed by atoms with E-state index in [1.54, 1.807) is 12.3 Å². The van der Waals surface area contributed by atoms with Gasteiger partial charge in [0.05, 0.1) is 5.69 Å². The average molecular weight is 308 g/mol. The first kappa shape index (κ1) is 13.9. The van der Waals surface area contributed by atoms with Gasteiger partial charge in [0.1, 0.15) is 16.5 Å². The largest absolute Gasteiger partial charge is 0.306 e. The van der Waals surface area contributed by atoms with Crippen molar-refractivity contribution >= 4 is 17.2 Å². The number of hydrogen-bond donors (Lipinski definition) is 0. The number of alkyl halides is 2. The summed E-state index contributed by atoms with van der Waals surface area (Å²) >= 11 is 5.72. The molecule has 0 radical (unpaired) electrons. The Balaban J connectivity index is 2.25. The smallest absolute Gasteiger partial charge is 0.281 e. The molecule has 3 nitrogen and oxygen atoms in total. The Bertz CT molecular complexity index is 827. The number of aryl methyl sites for hydroxylation is 2. The maximum Gasteiger partial charge on any atom is 0.281 e. The van der Waals surface area contributed by atoms with Crippen LogP contribution in [0.4, 0.5) is 8.78 Å². The first-order valence-corrected chi connectivity index (χ1v) is 6.74. The van der Waals surface area contributed by atoms with E-state index >= 15 is 0 Å². The van der Waals surface area contributed by atoms with Gasteiger partial charge in [0.25, 0.3) is 6.43 Å². The zero-order chi connectivity index (χ0) is 15.1. The molecule has 108 valence electrons. The van der Waals surface area contributed by atoms with Gasteiger partial charge in [-0.25, -0.2) is 18.7 Å². The molecular weight excluding hydrogens is 296 g/mol. The summed E-state index contributed by atoms with van der Waals surface area (Å²) in [5.41, 5.74) is 3.34. The molecule has 3 aromatic heterocycles. The van der Waals surface area contributed by atoms with Crippen LogP contribution in [0.5, 0.6) is 0 Å². The van der Waals surface area contributed by atoms with E-state index in [0.29, 0.717) is 11.1 Å². The Labute approximate surface area is 125 Å². The van der Waals surface area contributed by atoms with Crippen molar-refractivity contribution in [1.29, 1.82) is 0 Å². The number of hydrogen-bond acceptors (Lipinski definition) is 2.